The summed E-state index contributed by atoms with van der Waals surface area (Å²) in [5, 5.41) is 12.7. The standard InChI is InChI=1S/C22H25ClN4O2S/c1-15-12-19(29-3)11-10-16(15)6-4-9-20-25-26-22(27(20)2)30-14-21(28)24-18-8-5-7-17(23)13-18/h5,7-8,10-13H,4,6,9,14H2,1-3H3,(H,24,28). The minimum atomic E-state index is -0.109. The Morgan fingerprint density at radius 2 is 2.03 bits per heavy atom. The Balaban J connectivity index is 1.49. The third kappa shape index (κ3) is 6.00. The van der Waals surface area contributed by atoms with Crippen molar-refractivity contribution >= 4 is 35.0 Å². The molecule has 0 saturated carbocycles. The third-order valence-electron chi connectivity index (χ3n) is 4.76. The molecule has 6 nitrogen and oxygen atoms in total. The largest absolute Gasteiger partial charge is 0.497 e. The average Bonchev–Trinajstić information content (AvgIpc) is 3.07. The first-order valence-corrected chi connectivity index (χ1v) is 11.0. The van der Waals surface area contributed by atoms with Crippen LogP contribution in [0.3, 0.4) is 0 Å². The van der Waals surface area contributed by atoms with Gasteiger partial charge >= 0.3 is 0 Å². The van der Waals surface area contributed by atoms with Crippen LogP contribution in [0.5, 0.6) is 5.75 Å². The summed E-state index contributed by atoms with van der Waals surface area (Å²) in [5.41, 5.74) is 3.22. The van der Waals surface area contributed by atoms with Crippen molar-refractivity contribution in [2.24, 2.45) is 7.05 Å². The molecule has 1 heterocycles. The van der Waals surface area contributed by atoms with Gasteiger partial charge in [-0.3, -0.25) is 4.79 Å². The molecule has 0 unspecified atom stereocenters. The Morgan fingerprint density at radius 3 is 2.77 bits per heavy atom. The first-order chi connectivity index (χ1) is 14.5. The summed E-state index contributed by atoms with van der Waals surface area (Å²) < 4.78 is 7.22. The highest BCUT2D eigenvalue weighted by molar-refractivity contribution is 7.99. The number of thioether (sulfide) groups is 1. The average molecular weight is 445 g/mol. The van der Waals surface area contributed by atoms with Gasteiger partial charge in [0.15, 0.2) is 5.16 Å². The fraction of sp³-hybridized carbons (Fsp3) is 0.318. The van der Waals surface area contributed by atoms with Crippen molar-refractivity contribution in [1.82, 2.24) is 14.8 Å². The number of hydrogen-bond donors (Lipinski definition) is 1. The number of carbonyl (C=O) groups is 1. The summed E-state index contributed by atoms with van der Waals surface area (Å²) in [6.07, 6.45) is 2.76. The van der Waals surface area contributed by atoms with Gasteiger partial charge in [0.25, 0.3) is 0 Å². The van der Waals surface area contributed by atoms with Gasteiger partial charge in [-0.05, 0) is 61.2 Å². The van der Waals surface area contributed by atoms with Gasteiger partial charge in [0.05, 0.1) is 12.9 Å². The molecule has 3 rings (SSSR count). The normalized spacial score (nSPS) is 10.8. The monoisotopic (exact) mass is 444 g/mol. The van der Waals surface area contributed by atoms with Crippen molar-refractivity contribution in [3.63, 3.8) is 0 Å². The van der Waals surface area contributed by atoms with Crippen LogP contribution >= 0.6 is 23.4 Å². The maximum Gasteiger partial charge on any atom is 0.234 e. The van der Waals surface area contributed by atoms with E-state index in [1.54, 1.807) is 31.4 Å². The van der Waals surface area contributed by atoms with Gasteiger partial charge in [-0.2, -0.15) is 0 Å². The molecule has 1 amide bonds. The van der Waals surface area contributed by atoms with E-state index >= 15 is 0 Å². The molecule has 0 fully saturated rings. The van der Waals surface area contributed by atoms with E-state index in [0.29, 0.717) is 10.7 Å². The van der Waals surface area contributed by atoms with Crippen LogP contribution in [0.25, 0.3) is 0 Å². The first kappa shape index (κ1) is 22.2. The zero-order valence-corrected chi connectivity index (χ0v) is 18.9. The van der Waals surface area contributed by atoms with Crippen LogP contribution in [0.15, 0.2) is 47.6 Å². The first-order valence-electron chi connectivity index (χ1n) is 9.66. The molecule has 0 atom stereocenters. The van der Waals surface area contributed by atoms with Gasteiger partial charge in [0, 0.05) is 24.2 Å². The summed E-state index contributed by atoms with van der Waals surface area (Å²) in [4.78, 5) is 12.2. The highest BCUT2D eigenvalue weighted by atomic mass is 35.5. The van der Waals surface area contributed by atoms with Crippen molar-refractivity contribution in [3.8, 4) is 5.75 Å². The van der Waals surface area contributed by atoms with Crippen molar-refractivity contribution in [3.05, 3.63) is 64.4 Å². The Hall–Kier alpha value is -2.51. The molecular formula is C22H25ClN4O2S. The van der Waals surface area contributed by atoms with Gasteiger partial charge in [0.2, 0.25) is 5.91 Å². The number of hydrogen-bond acceptors (Lipinski definition) is 5. The van der Waals surface area contributed by atoms with E-state index in [-0.39, 0.29) is 11.7 Å². The summed E-state index contributed by atoms with van der Waals surface area (Å²) >= 11 is 7.31. The van der Waals surface area contributed by atoms with Gasteiger partial charge in [-0.1, -0.05) is 35.5 Å². The van der Waals surface area contributed by atoms with Crippen LogP contribution in [-0.4, -0.2) is 33.5 Å². The molecule has 0 aliphatic carbocycles. The van der Waals surface area contributed by atoms with Crippen LogP contribution in [0.4, 0.5) is 5.69 Å². The Bertz CT molecular complexity index is 1020. The SMILES string of the molecule is COc1ccc(CCCc2nnc(SCC(=O)Nc3cccc(Cl)c3)n2C)c(C)c1. The molecule has 0 radical (unpaired) electrons. The minimum absolute atomic E-state index is 0.109. The molecule has 0 aliphatic rings. The molecule has 158 valence electrons. The van der Waals surface area contributed by atoms with E-state index in [1.807, 2.05) is 17.7 Å². The molecule has 0 aliphatic heterocycles. The van der Waals surface area contributed by atoms with Crippen LogP contribution in [0.2, 0.25) is 5.02 Å². The summed E-state index contributed by atoms with van der Waals surface area (Å²) in [5.74, 6) is 1.94. The summed E-state index contributed by atoms with van der Waals surface area (Å²) in [7, 11) is 3.62. The molecule has 0 spiro atoms. The Morgan fingerprint density at radius 1 is 1.20 bits per heavy atom. The number of halogens is 1. The lowest BCUT2D eigenvalue weighted by atomic mass is 10.0. The topological polar surface area (TPSA) is 69.0 Å². The molecule has 3 aromatic rings. The van der Waals surface area contributed by atoms with E-state index < -0.39 is 0 Å². The van der Waals surface area contributed by atoms with Crippen LogP contribution in [0, 0.1) is 6.92 Å². The number of nitrogens with one attached hydrogen (secondary N) is 1. The summed E-state index contributed by atoms with van der Waals surface area (Å²) in [6, 6.07) is 13.3. The van der Waals surface area contributed by atoms with Crippen molar-refractivity contribution in [1.29, 1.82) is 0 Å². The van der Waals surface area contributed by atoms with E-state index in [1.165, 1.54) is 22.9 Å². The van der Waals surface area contributed by atoms with Crippen LogP contribution in [-0.2, 0) is 24.7 Å². The maximum absolute atomic E-state index is 12.2. The maximum atomic E-state index is 12.2. The van der Waals surface area contributed by atoms with Gasteiger partial charge in [-0.15, -0.1) is 10.2 Å². The molecule has 1 N–H and O–H groups in total. The number of benzene rings is 2. The predicted molar refractivity (Wildman–Crippen MR) is 122 cm³/mol. The number of aryl methyl sites for hydroxylation is 3. The number of aromatic nitrogens is 3. The second-order valence-electron chi connectivity index (χ2n) is 6.95. The number of ether oxygens (including phenoxy) is 1. The number of methoxy groups -OCH3 is 1. The zero-order valence-electron chi connectivity index (χ0n) is 17.3. The number of amides is 1. The van der Waals surface area contributed by atoms with E-state index in [9.17, 15) is 4.79 Å². The molecule has 30 heavy (non-hydrogen) atoms. The zero-order chi connectivity index (χ0) is 21.5. The van der Waals surface area contributed by atoms with Crippen LogP contribution < -0.4 is 10.1 Å². The lowest BCUT2D eigenvalue weighted by Crippen LogP contribution is -2.14. The highest BCUT2D eigenvalue weighted by Crippen LogP contribution is 2.21. The van der Waals surface area contributed by atoms with Gasteiger partial charge in [-0.25, -0.2) is 0 Å². The molecule has 8 heteroatoms. The number of nitrogens with zero attached hydrogens (tertiary/aromatic N) is 3. The number of rotatable bonds is 9. The molecule has 0 bridgehead atoms. The fourth-order valence-corrected chi connectivity index (χ4v) is 4.01. The van der Waals surface area contributed by atoms with Crippen molar-refractivity contribution < 1.29 is 9.53 Å². The quantitative estimate of drug-likeness (QED) is 0.485. The van der Waals surface area contributed by atoms with E-state index in [2.05, 4.69) is 34.6 Å². The van der Waals surface area contributed by atoms with Crippen molar-refractivity contribution in [2.75, 3.05) is 18.2 Å². The van der Waals surface area contributed by atoms with Crippen LogP contribution in [0.1, 0.15) is 23.4 Å². The molecule has 2 aromatic carbocycles. The number of anilines is 1. The van der Waals surface area contributed by atoms with Crippen molar-refractivity contribution in [2.45, 2.75) is 31.3 Å². The Kier molecular flexibility index (Phi) is 7.76. The van der Waals surface area contributed by atoms with E-state index in [0.717, 1.165) is 36.0 Å². The smallest absolute Gasteiger partial charge is 0.234 e. The van der Waals surface area contributed by atoms with Gasteiger partial charge in [0.1, 0.15) is 11.6 Å². The van der Waals surface area contributed by atoms with Gasteiger partial charge < -0.3 is 14.6 Å². The molecule has 0 saturated heterocycles. The minimum Gasteiger partial charge on any atom is -0.497 e. The number of carbonyl (C=O) groups excluding carboxylic acids is 1. The fourth-order valence-electron chi connectivity index (χ4n) is 3.09. The lowest BCUT2D eigenvalue weighted by molar-refractivity contribution is -0.113. The second kappa shape index (κ2) is 10.5. The second-order valence-corrected chi connectivity index (χ2v) is 8.33. The highest BCUT2D eigenvalue weighted by Gasteiger charge is 2.12. The Labute approximate surface area is 186 Å². The third-order valence-corrected chi connectivity index (χ3v) is 6.02. The molecular weight excluding hydrogens is 420 g/mol. The lowest BCUT2D eigenvalue weighted by Gasteiger charge is -2.08. The summed E-state index contributed by atoms with van der Waals surface area (Å²) in [6.45, 7) is 2.10. The van der Waals surface area contributed by atoms with E-state index in [4.69, 9.17) is 16.3 Å². The molecule has 1 aromatic heterocycles. The predicted octanol–water partition coefficient (Wildman–Crippen LogP) is 4.69.